The van der Waals surface area contributed by atoms with Crippen LogP contribution in [0.4, 0.5) is 4.79 Å². The zero-order valence-corrected chi connectivity index (χ0v) is 14.4. The Balaban J connectivity index is 1.78. The van der Waals surface area contributed by atoms with Crippen LogP contribution >= 0.6 is 0 Å². The highest BCUT2D eigenvalue weighted by Gasteiger charge is 2.44. The van der Waals surface area contributed by atoms with E-state index in [1.807, 2.05) is 0 Å². The van der Waals surface area contributed by atoms with Crippen LogP contribution < -0.4 is 16.0 Å². The number of hydrogen-bond donors (Lipinski definition) is 4. The standard InChI is InChI=1S/C18H21N3O5/c1-17(14(23)19-16(26)21-17)12-7-5-11(6-8-12)13(22)20-18(15(24)25)9-3-2-4-10-18/h5-8H,2-4,9-10H2,1H3,(H,20,22)(H,24,25)(H2,19,21,23,26). The van der Waals surface area contributed by atoms with Gasteiger partial charge in [-0.05, 0) is 37.5 Å². The molecule has 138 valence electrons. The van der Waals surface area contributed by atoms with Crippen LogP contribution in [-0.2, 0) is 15.1 Å². The molecule has 1 atom stereocenters. The fraction of sp³-hybridized carbons (Fsp3) is 0.444. The van der Waals surface area contributed by atoms with Gasteiger partial charge in [-0.25, -0.2) is 9.59 Å². The van der Waals surface area contributed by atoms with Gasteiger partial charge in [-0.3, -0.25) is 14.9 Å². The second kappa shape index (κ2) is 6.44. The van der Waals surface area contributed by atoms with Crippen molar-refractivity contribution in [1.82, 2.24) is 16.0 Å². The lowest BCUT2D eigenvalue weighted by atomic mass is 9.81. The summed E-state index contributed by atoms with van der Waals surface area (Å²) in [4.78, 5) is 47.6. The first-order chi connectivity index (χ1) is 12.3. The van der Waals surface area contributed by atoms with Crippen LogP contribution in [0, 0.1) is 0 Å². The Bertz CT molecular complexity index is 768. The zero-order valence-electron chi connectivity index (χ0n) is 14.4. The highest BCUT2D eigenvalue weighted by Crippen LogP contribution is 2.29. The van der Waals surface area contributed by atoms with Gasteiger partial charge < -0.3 is 15.7 Å². The highest BCUT2D eigenvalue weighted by atomic mass is 16.4. The minimum atomic E-state index is -1.22. The van der Waals surface area contributed by atoms with Crippen LogP contribution in [0.2, 0.25) is 0 Å². The molecule has 4 N–H and O–H groups in total. The average molecular weight is 359 g/mol. The molecule has 1 heterocycles. The van der Waals surface area contributed by atoms with Gasteiger partial charge in [0.25, 0.3) is 11.8 Å². The van der Waals surface area contributed by atoms with E-state index in [-0.39, 0.29) is 0 Å². The molecule has 2 aliphatic rings. The number of carbonyl (C=O) groups is 4. The second-order valence-electron chi connectivity index (χ2n) is 7.01. The summed E-state index contributed by atoms with van der Waals surface area (Å²) in [6, 6.07) is 5.63. The van der Waals surface area contributed by atoms with Crippen molar-refractivity contribution >= 4 is 23.8 Å². The maximum Gasteiger partial charge on any atom is 0.329 e. The molecule has 1 saturated carbocycles. The number of carboxylic acids is 1. The van der Waals surface area contributed by atoms with Crippen LogP contribution in [-0.4, -0.2) is 34.5 Å². The topological polar surface area (TPSA) is 125 Å². The Kier molecular flexibility index (Phi) is 4.43. The van der Waals surface area contributed by atoms with E-state index < -0.39 is 34.9 Å². The van der Waals surface area contributed by atoms with Crippen molar-refractivity contribution in [2.75, 3.05) is 0 Å². The number of imide groups is 1. The lowest BCUT2D eigenvalue weighted by Crippen LogP contribution is -2.55. The van der Waals surface area contributed by atoms with E-state index in [1.165, 1.54) is 12.1 Å². The Morgan fingerprint density at radius 3 is 2.19 bits per heavy atom. The lowest BCUT2D eigenvalue weighted by Gasteiger charge is -2.34. The molecular formula is C18H21N3O5. The Hall–Kier alpha value is -2.90. The third-order valence-electron chi connectivity index (χ3n) is 5.24. The number of amides is 4. The van der Waals surface area contributed by atoms with Crippen molar-refractivity contribution in [2.24, 2.45) is 0 Å². The molecular weight excluding hydrogens is 338 g/mol. The van der Waals surface area contributed by atoms with Crippen LogP contribution in [0.1, 0.15) is 54.9 Å². The number of nitrogens with one attached hydrogen (secondary N) is 3. The zero-order chi connectivity index (χ0) is 18.9. The number of hydrogen-bond acceptors (Lipinski definition) is 4. The molecule has 1 unspecified atom stereocenters. The van der Waals surface area contributed by atoms with Crippen molar-refractivity contribution in [1.29, 1.82) is 0 Å². The fourth-order valence-electron chi connectivity index (χ4n) is 3.54. The third-order valence-corrected chi connectivity index (χ3v) is 5.24. The maximum absolute atomic E-state index is 12.5. The van der Waals surface area contributed by atoms with Gasteiger partial charge in [0.15, 0.2) is 0 Å². The SMILES string of the molecule is CC1(c2ccc(C(=O)NC3(C(=O)O)CCCCC3)cc2)NC(=O)NC1=O. The Morgan fingerprint density at radius 1 is 1.08 bits per heavy atom. The van der Waals surface area contributed by atoms with Crippen molar-refractivity contribution in [3.05, 3.63) is 35.4 Å². The van der Waals surface area contributed by atoms with Gasteiger partial charge in [0.1, 0.15) is 11.1 Å². The molecule has 8 nitrogen and oxygen atoms in total. The highest BCUT2D eigenvalue weighted by molar-refractivity contribution is 6.07. The monoisotopic (exact) mass is 359 g/mol. The van der Waals surface area contributed by atoms with Crippen LogP contribution in [0.3, 0.4) is 0 Å². The predicted molar refractivity (Wildman–Crippen MR) is 91.4 cm³/mol. The van der Waals surface area contributed by atoms with Gasteiger partial charge in [-0.1, -0.05) is 31.4 Å². The average Bonchev–Trinajstić information content (AvgIpc) is 2.88. The molecule has 4 amide bonds. The summed E-state index contributed by atoms with van der Waals surface area (Å²) in [6.45, 7) is 1.57. The summed E-state index contributed by atoms with van der Waals surface area (Å²) in [5.74, 6) is -1.95. The minimum Gasteiger partial charge on any atom is -0.480 e. The Labute approximate surface area is 150 Å². The molecule has 0 bridgehead atoms. The lowest BCUT2D eigenvalue weighted by molar-refractivity contribution is -0.146. The molecule has 8 heteroatoms. The molecule has 1 aromatic rings. The van der Waals surface area contributed by atoms with Crippen molar-refractivity contribution in [3.8, 4) is 0 Å². The molecule has 26 heavy (non-hydrogen) atoms. The van der Waals surface area contributed by atoms with Gasteiger partial charge in [0.05, 0.1) is 0 Å². The van der Waals surface area contributed by atoms with E-state index in [9.17, 15) is 24.3 Å². The third kappa shape index (κ3) is 3.02. The molecule has 3 rings (SSSR count). The first-order valence-electron chi connectivity index (χ1n) is 8.57. The number of aliphatic carboxylic acids is 1. The summed E-state index contributed by atoms with van der Waals surface area (Å²) < 4.78 is 0. The minimum absolute atomic E-state index is 0.299. The molecule has 1 aliphatic heterocycles. The van der Waals surface area contributed by atoms with Crippen LogP contribution in [0.25, 0.3) is 0 Å². The Morgan fingerprint density at radius 2 is 1.69 bits per heavy atom. The summed E-state index contributed by atoms with van der Waals surface area (Å²) >= 11 is 0. The van der Waals surface area contributed by atoms with Crippen molar-refractivity contribution < 1.29 is 24.3 Å². The molecule has 1 saturated heterocycles. The molecule has 0 radical (unpaired) electrons. The van der Waals surface area contributed by atoms with E-state index in [4.69, 9.17) is 0 Å². The second-order valence-corrected chi connectivity index (χ2v) is 7.01. The van der Waals surface area contributed by atoms with Gasteiger partial charge in [-0.15, -0.1) is 0 Å². The van der Waals surface area contributed by atoms with Crippen molar-refractivity contribution in [3.63, 3.8) is 0 Å². The molecule has 0 aromatic heterocycles. The van der Waals surface area contributed by atoms with E-state index in [2.05, 4.69) is 16.0 Å². The smallest absolute Gasteiger partial charge is 0.329 e. The van der Waals surface area contributed by atoms with Crippen molar-refractivity contribution in [2.45, 2.75) is 50.1 Å². The summed E-state index contributed by atoms with van der Waals surface area (Å²) in [6.07, 6.45) is 3.32. The maximum atomic E-state index is 12.5. The number of carbonyl (C=O) groups excluding carboxylic acids is 3. The number of benzene rings is 1. The van der Waals surface area contributed by atoms with Gasteiger partial charge >= 0.3 is 12.0 Å². The first kappa shape index (κ1) is 17.9. The summed E-state index contributed by atoms with van der Waals surface area (Å²) in [7, 11) is 0. The number of carboxylic acid groups (broad SMARTS) is 1. The number of urea groups is 1. The molecule has 2 fully saturated rings. The van der Waals surface area contributed by atoms with Gasteiger partial charge in [0.2, 0.25) is 0 Å². The molecule has 0 spiro atoms. The van der Waals surface area contributed by atoms with E-state index in [0.29, 0.717) is 24.0 Å². The molecule has 1 aliphatic carbocycles. The largest absolute Gasteiger partial charge is 0.480 e. The normalized spacial score (nSPS) is 24.5. The van der Waals surface area contributed by atoms with E-state index in [1.54, 1.807) is 19.1 Å². The van der Waals surface area contributed by atoms with E-state index in [0.717, 1.165) is 19.3 Å². The van der Waals surface area contributed by atoms with Crippen LogP contribution in [0.5, 0.6) is 0 Å². The molecule has 1 aromatic carbocycles. The first-order valence-corrected chi connectivity index (χ1v) is 8.57. The number of rotatable bonds is 4. The van der Waals surface area contributed by atoms with E-state index >= 15 is 0 Å². The van der Waals surface area contributed by atoms with Gasteiger partial charge in [-0.2, -0.15) is 0 Å². The quantitative estimate of drug-likeness (QED) is 0.602. The predicted octanol–water partition coefficient (Wildman–Crippen LogP) is 1.26. The van der Waals surface area contributed by atoms with Gasteiger partial charge in [0, 0.05) is 5.56 Å². The summed E-state index contributed by atoms with van der Waals surface area (Å²) in [5, 5.41) is 17.0. The van der Waals surface area contributed by atoms with Crippen LogP contribution in [0.15, 0.2) is 24.3 Å². The fourth-order valence-corrected chi connectivity index (χ4v) is 3.54. The summed E-state index contributed by atoms with van der Waals surface area (Å²) in [5.41, 5.74) is -1.59.